The van der Waals surface area contributed by atoms with Crippen molar-refractivity contribution in [2.45, 2.75) is 0 Å². The van der Waals surface area contributed by atoms with E-state index in [1.54, 1.807) is 0 Å². The zero-order chi connectivity index (χ0) is 12.8. The molecule has 0 saturated carbocycles. The van der Waals surface area contributed by atoms with Crippen molar-refractivity contribution in [1.82, 2.24) is 0 Å². The van der Waals surface area contributed by atoms with Crippen molar-refractivity contribution in [2.75, 3.05) is 7.11 Å². The zero-order valence-corrected chi connectivity index (χ0v) is 8.80. The van der Waals surface area contributed by atoms with Gasteiger partial charge in [-0.3, -0.25) is 14.9 Å². The van der Waals surface area contributed by atoms with Crippen LogP contribution in [-0.4, -0.2) is 24.3 Å². The lowest BCUT2D eigenvalue weighted by Gasteiger charge is -1.96. The minimum absolute atomic E-state index is 0.0429. The molecule has 86 valence electrons. The summed E-state index contributed by atoms with van der Waals surface area (Å²) in [6.07, 6.45) is 0.385. The second-order valence-electron chi connectivity index (χ2n) is 2.89. The second kappa shape index (κ2) is 5.42. The molecule has 0 aliphatic heterocycles. The third-order valence-corrected chi connectivity index (χ3v) is 1.85. The average Bonchev–Trinajstić information content (AvgIpc) is 2.35. The first kappa shape index (κ1) is 12.4. The maximum absolute atomic E-state index is 10.7. The minimum atomic E-state index is -0.743. The first-order chi connectivity index (χ1) is 8.08. The number of hydrogen-bond donors (Lipinski definition) is 0. The highest BCUT2D eigenvalue weighted by molar-refractivity contribution is 5.89. The van der Waals surface area contributed by atoms with E-state index in [1.165, 1.54) is 19.2 Å². The van der Waals surface area contributed by atoms with Crippen LogP contribution in [0.2, 0.25) is 0 Å². The fourth-order valence-corrected chi connectivity index (χ4v) is 1.05. The summed E-state index contributed by atoms with van der Waals surface area (Å²) < 4.78 is 4.29. The molecule has 0 radical (unpaired) electrons. The molecule has 0 N–H and O–H groups in total. The molecular weight excluding hydrogens is 226 g/mol. The van der Waals surface area contributed by atoms with E-state index in [4.69, 9.17) is 0 Å². The number of methoxy groups -OCH3 is 1. The number of rotatable bonds is 2. The summed E-state index contributed by atoms with van der Waals surface area (Å²) in [6.45, 7) is 0. The molecule has 0 heterocycles. The number of carbonyl (C=O) groups excluding carboxylic acids is 2. The fraction of sp³-hybridized carbons (Fsp3) is 0.0909. The second-order valence-corrected chi connectivity index (χ2v) is 2.89. The number of nitrogens with zero attached hydrogens (tertiary/aromatic N) is 1. The summed E-state index contributed by atoms with van der Waals surface area (Å²) >= 11 is 0. The third kappa shape index (κ3) is 3.14. The van der Waals surface area contributed by atoms with Crippen LogP contribution in [0.4, 0.5) is 5.69 Å². The summed E-state index contributed by atoms with van der Waals surface area (Å²) in [6, 6.07) is 3.80. The zero-order valence-electron chi connectivity index (χ0n) is 8.80. The Morgan fingerprint density at radius 2 is 2.24 bits per heavy atom. The van der Waals surface area contributed by atoms with Gasteiger partial charge in [0.1, 0.15) is 0 Å². The first-order valence-electron chi connectivity index (χ1n) is 4.42. The van der Waals surface area contributed by atoms with Crippen molar-refractivity contribution < 1.29 is 19.2 Å². The molecule has 0 bridgehead atoms. The molecule has 1 rings (SSSR count). The number of ether oxygens (including phenoxy) is 1. The number of benzene rings is 1. The van der Waals surface area contributed by atoms with Crippen molar-refractivity contribution in [2.24, 2.45) is 0 Å². The Hall–Kier alpha value is -2.68. The van der Waals surface area contributed by atoms with E-state index in [0.717, 1.165) is 6.07 Å². The van der Waals surface area contributed by atoms with Gasteiger partial charge in [0.25, 0.3) is 5.69 Å². The maximum atomic E-state index is 10.7. The Bertz CT molecular complexity index is 539. The van der Waals surface area contributed by atoms with Crippen molar-refractivity contribution in [3.05, 3.63) is 39.4 Å². The molecule has 6 nitrogen and oxygen atoms in total. The molecule has 0 fully saturated rings. The van der Waals surface area contributed by atoms with Crippen molar-refractivity contribution in [3.8, 4) is 11.8 Å². The van der Waals surface area contributed by atoms with Crippen LogP contribution in [0.5, 0.6) is 0 Å². The van der Waals surface area contributed by atoms with Gasteiger partial charge in [-0.1, -0.05) is 5.92 Å². The predicted molar refractivity (Wildman–Crippen MR) is 57.4 cm³/mol. The quantitative estimate of drug-likeness (QED) is 0.249. The number of aldehydes is 1. The van der Waals surface area contributed by atoms with Gasteiger partial charge in [-0.25, -0.2) is 4.79 Å². The van der Waals surface area contributed by atoms with Gasteiger partial charge in [0, 0.05) is 17.6 Å². The Kier molecular flexibility index (Phi) is 3.95. The lowest BCUT2D eigenvalue weighted by Crippen LogP contribution is -1.96. The maximum Gasteiger partial charge on any atom is 0.384 e. The van der Waals surface area contributed by atoms with Gasteiger partial charge in [0.05, 0.1) is 17.6 Å². The molecular formula is C11H7NO5. The van der Waals surface area contributed by atoms with E-state index in [0.29, 0.717) is 6.29 Å². The van der Waals surface area contributed by atoms with Crippen molar-refractivity contribution >= 4 is 17.9 Å². The Balaban J connectivity index is 3.16. The van der Waals surface area contributed by atoms with Gasteiger partial charge in [-0.15, -0.1) is 0 Å². The van der Waals surface area contributed by atoms with Crippen molar-refractivity contribution in [1.29, 1.82) is 0 Å². The van der Waals surface area contributed by atoms with Crippen LogP contribution in [-0.2, 0) is 9.53 Å². The van der Waals surface area contributed by atoms with E-state index < -0.39 is 10.9 Å². The summed E-state index contributed by atoms with van der Waals surface area (Å²) in [5.41, 5.74) is -0.136. The number of hydrogen-bond acceptors (Lipinski definition) is 5. The van der Waals surface area contributed by atoms with Gasteiger partial charge in [-0.05, 0) is 12.1 Å². The lowest BCUT2D eigenvalue weighted by atomic mass is 10.1. The number of nitro benzene ring substituents is 1. The molecule has 0 unspecified atom stereocenters. The summed E-state index contributed by atoms with van der Waals surface area (Å²) in [5.74, 6) is 3.78. The lowest BCUT2D eigenvalue weighted by molar-refractivity contribution is -0.385. The Labute approximate surface area is 96.3 Å². The highest BCUT2D eigenvalue weighted by Crippen LogP contribution is 2.17. The summed E-state index contributed by atoms with van der Waals surface area (Å²) in [4.78, 5) is 31.2. The normalized spacial score (nSPS) is 8.76. The van der Waals surface area contributed by atoms with Crippen LogP contribution in [0.15, 0.2) is 18.2 Å². The van der Waals surface area contributed by atoms with E-state index >= 15 is 0 Å². The SMILES string of the molecule is COC(=O)C#Cc1ccc(C=O)c([N+](=O)[O-])c1. The number of nitro groups is 1. The van der Waals surface area contributed by atoms with Crippen LogP contribution < -0.4 is 0 Å². The molecule has 0 aliphatic rings. The topological polar surface area (TPSA) is 86.5 Å². The first-order valence-corrected chi connectivity index (χ1v) is 4.42. The minimum Gasteiger partial charge on any atom is -0.459 e. The van der Waals surface area contributed by atoms with E-state index in [9.17, 15) is 19.7 Å². The van der Waals surface area contributed by atoms with Crippen LogP contribution in [0.3, 0.4) is 0 Å². The summed E-state index contributed by atoms with van der Waals surface area (Å²) in [7, 11) is 1.18. The third-order valence-electron chi connectivity index (χ3n) is 1.85. The predicted octanol–water partition coefficient (Wildman–Crippen LogP) is 0.932. The summed E-state index contributed by atoms with van der Waals surface area (Å²) in [5, 5.41) is 10.6. The molecule has 1 aromatic rings. The largest absolute Gasteiger partial charge is 0.459 e. The molecule has 0 spiro atoms. The molecule has 0 aromatic heterocycles. The molecule has 0 saturated heterocycles. The highest BCUT2D eigenvalue weighted by atomic mass is 16.6. The van der Waals surface area contributed by atoms with Gasteiger partial charge < -0.3 is 4.74 Å². The molecule has 1 aromatic carbocycles. The van der Waals surface area contributed by atoms with E-state index in [-0.39, 0.29) is 16.8 Å². The van der Waals surface area contributed by atoms with Crippen LogP contribution >= 0.6 is 0 Å². The van der Waals surface area contributed by atoms with Gasteiger partial charge in [-0.2, -0.15) is 0 Å². The van der Waals surface area contributed by atoms with Gasteiger partial charge in [0.2, 0.25) is 0 Å². The van der Waals surface area contributed by atoms with Crippen LogP contribution in [0, 0.1) is 22.0 Å². The molecule has 0 aliphatic carbocycles. The van der Waals surface area contributed by atoms with Gasteiger partial charge in [0.15, 0.2) is 6.29 Å². The van der Waals surface area contributed by atoms with Gasteiger partial charge >= 0.3 is 5.97 Å². The Morgan fingerprint density at radius 1 is 1.53 bits per heavy atom. The molecule has 6 heteroatoms. The average molecular weight is 233 g/mol. The molecule has 17 heavy (non-hydrogen) atoms. The number of esters is 1. The molecule has 0 amide bonds. The highest BCUT2D eigenvalue weighted by Gasteiger charge is 2.13. The van der Waals surface area contributed by atoms with Crippen molar-refractivity contribution in [3.63, 3.8) is 0 Å². The smallest absolute Gasteiger partial charge is 0.384 e. The monoisotopic (exact) mass is 233 g/mol. The Morgan fingerprint density at radius 3 is 2.76 bits per heavy atom. The standard InChI is InChI=1S/C11H7NO5/c1-17-11(14)5-3-8-2-4-9(7-13)10(6-8)12(15)16/h2,4,6-7H,1H3. The fourth-order valence-electron chi connectivity index (χ4n) is 1.05. The van der Waals surface area contributed by atoms with E-state index in [1.807, 2.05) is 0 Å². The van der Waals surface area contributed by atoms with Crippen LogP contribution in [0.25, 0.3) is 0 Å². The number of carbonyl (C=O) groups is 2. The van der Waals surface area contributed by atoms with Crippen LogP contribution in [0.1, 0.15) is 15.9 Å². The molecule has 0 atom stereocenters. The van der Waals surface area contributed by atoms with E-state index in [2.05, 4.69) is 16.6 Å².